The third kappa shape index (κ3) is 4.12. The summed E-state index contributed by atoms with van der Waals surface area (Å²) in [5.41, 5.74) is 1.93. The van der Waals surface area contributed by atoms with Crippen LogP contribution in [0.25, 0.3) is 0 Å². The molecular weight excluding hydrogens is 322 g/mol. The lowest BCUT2D eigenvalue weighted by molar-refractivity contribution is -0.116. The predicted molar refractivity (Wildman–Crippen MR) is 93.4 cm³/mol. The molecule has 2 aromatic carbocycles. The van der Waals surface area contributed by atoms with Crippen LogP contribution < -0.4 is 5.32 Å². The molecule has 0 aliphatic carbocycles. The smallest absolute Gasteiger partial charge is 0.226 e. The van der Waals surface area contributed by atoms with Crippen molar-refractivity contribution < 1.29 is 13.6 Å². The van der Waals surface area contributed by atoms with E-state index < -0.39 is 0 Å². The van der Waals surface area contributed by atoms with Gasteiger partial charge in [0, 0.05) is 18.1 Å². The number of nitrogens with one attached hydrogen (secondary N) is 1. The Kier molecular flexibility index (Phi) is 4.93. The minimum atomic E-state index is -0.347. The maximum absolute atomic E-state index is 13.6. The molecule has 0 aliphatic rings. The lowest BCUT2D eigenvalue weighted by Crippen LogP contribution is -2.20. The topological polar surface area (TPSA) is 34.0 Å². The zero-order chi connectivity index (χ0) is 17.8. The number of rotatable bonds is 5. The molecule has 1 N–H and O–H groups in total. The largest absolute Gasteiger partial charge is 0.346 e. The lowest BCUT2D eigenvalue weighted by Gasteiger charge is -2.20. The Bertz CT molecular complexity index is 875. The Balaban J connectivity index is 1.82. The average molecular weight is 340 g/mol. The summed E-state index contributed by atoms with van der Waals surface area (Å²) in [6.45, 7) is 1.73. The fourth-order valence-electron chi connectivity index (χ4n) is 2.81. The molecule has 3 aromatic rings. The van der Waals surface area contributed by atoms with Crippen molar-refractivity contribution in [3.05, 3.63) is 89.8 Å². The molecule has 0 saturated heterocycles. The molecular formula is C20H18F2N2O. The molecule has 0 spiro atoms. The van der Waals surface area contributed by atoms with Gasteiger partial charge in [0.15, 0.2) is 0 Å². The first-order chi connectivity index (χ1) is 12.0. The van der Waals surface area contributed by atoms with Gasteiger partial charge in [0.25, 0.3) is 0 Å². The van der Waals surface area contributed by atoms with Gasteiger partial charge in [-0.15, -0.1) is 0 Å². The van der Waals surface area contributed by atoms with Gasteiger partial charge in [-0.3, -0.25) is 4.79 Å². The van der Waals surface area contributed by atoms with Crippen molar-refractivity contribution in [3.8, 4) is 0 Å². The molecule has 1 amide bonds. The second-order valence-corrected chi connectivity index (χ2v) is 5.91. The molecule has 1 aromatic heterocycles. The van der Waals surface area contributed by atoms with Gasteiger partial charge >= 0.3 is 0 Å². The normalized spacial score (nSPS) is 12.0. The standard InChI is InChI=1S/C20H18F2N2O/c1-14-11-17(22)7-8-18(14)23-20(25)13-19(24-9-2-3-10-24)15-5-4-6-16(21)12-15/h2-12,19H,13H2,1H3,(H,23,25)/t19-/m0/s1. The van der Waals surface area contributed by atoms with Crippen LogP contribution in [0.3, 0.4) is 0 Å². The first-order valence-corrected chi connectivity index (χ1v) is 7.97. The van der Waals surface area contributed by atoms with Gasteiger partial charge in [0.05, 0.1) is 12.5 Å². The number of nitrogens with zero attached hydrogens (tertiary/aromatic N) is 1. The van der Waals surface area contributed by atoms with Crippen molar-refractivity contribution in [2.24, 2.45) is 0 Å². The summed E-state index contributed by atoms with van der Waals surface area (Å²) in [7, 11) is 0. The molecule has 0 radical (unpaired) electrons. The van der Waals surface area contributed by atoms with Crippen molar-refractivity contribution in [2.45, 2.75) is 19.4 Å². The van der Waals surface area contributed by atoms with Crippen LogP contribution in [0.1, 0.15) is 23.6 Å². The summed E-state index contributed by atoms with van der Waals surface area (Å²) in [5.74, 6) is -0.914. The van der Waals surface area contributed by atoms with E-state index in [0.717, 1.165) is 0 Å². The third-order valence-electron chi connectivity index (χ3n) is 4.06. The van der Waals surface area contributed by atoms with Gasteiger partial charge in [-0.1, -0.05) is 12.1 Å². The minimum Gasteiger partial charge on any atom is -0.346 e. The molecule has 25 heavy (non-hydrogen) atoms. The number of aryl methyl sites for hydroxylation is 1. The molecule has 0 saturated carbocycles. The van der Waals surface area contributed by atoms with E-state index in [-0.39, 0.29) is 30.0 Å². The zero-order valence-electron chi connectivity index (χ0n) is 13.7. The highest BCUT2D eigenvalue weighted by molar-refractivity contribution is 5.92. The monoisotopic (exact) mass is 340 g/mol. The predicted octanol–water partition coefficient (Wildman–Crippen LogP) is 4.69. The summed E-state index contributed by atoms with van der Waals surface area (Å²) in [4.78, 5) is 12.5. The Morgan fingerprint density at radius 1 is 1.04 bits per heavy atom. The zero-order valence-corrected chi connectivity index (χ0v) is 13.7. The Labute approximate surface area is 144 Å². The molecule has 0 aliphatic heterocycles. The number of carbonyl (C=O) groups excluding carboxylic acids is 1. The summed E-state index contributed by atoms with van der Waals surface area (Å²) in [5, 5.41) is 2.80. The van der Waals surface area contributed by atoms with Crippen LogP contribution in [-0.2, 0) is 4.79 Å². The minimum absolute atomic E-state index is 0.134. The molecule has 3 rings (SSSR count). The van der Waals surface area contributed by atoms with E-state index >= 15 is 0 Å². The molecule has 0 fully saturated rings. The maximum Gasteiger partial charge on any atom is 0.226 e. The van der Waals surface area contributed by atoms with Crippen molar-refractivity contribution in [3.63, 3.8) is 0 Å². The van der Waals surface area contributed by atoms with Crippen LogP contribution in [0.4, 0.5) is 14.5 Å². The summed E-state index contributed by atoms with van der Waals surface area (Å²) in [6.07, 6.45) is 3.81. The van der Waals surface area contributed by atoms with Gasteiger partial charge < -0.3 is 9.88 Å². The van der Waals surface area contributed by atoms with E-state index in [1.807, 2.05) is 29.1 Å². The quantitative estimate of drug-likeness (QED) is 0.718. The fraction of sp³-hybridized carbons (Fsp3) is 0.150. The number of amides is 1. The highest BCUT2D eigenvalue weighted by Crippen LogP contribution is 2.24. The van der Waals surface area contributed by atoms with Gasteiger partial charge in [-0.25, -0.2) is 8.78 Å². The van der Waals surface area contributed by atoms with Crippen LogP contribution >= 0.6 is 0 Å². The molecule has 0 unspecified atom stereocenters. The van der Waals surface area contributed by atoms with Gasteiger partial charge in [-0.2, -0.15) is 0 Å². The average Bonchev–Trinajstić information content (AvgIpc) is 3.09. The number of benzene rings is 2. The Morgan fingerprint density at radius 3 is 2.44 bits per heavy atom. The van der Waals surface area contributed by atoms with E-state index in [1.54, 1.807) is 19.1 Å². The lowest BCUT2D eigenvalue weighted by atomic mass is 10.0. The van der Waals surface area contributed by atoms with Crippen molar-refractivity contribution in [1.82, 2.24) is 4.57 Å². The van der Waals surface area contributed by atoms with Crippen LogP contribution in [0.15, 0.2) is 67.0 Å². The maximum atomic E-state index is 13.6. The van der Waals surface area contributed by atoms with E-state index in [9.17, 15) is 13.6 Å². The highest BCUT2D eigenvalue weighted by atomic mass is 19.1. The molecule has 1 atom stereocenters. The summed E-state index contributed by atoms with van der Waals surface area (Å²) < 4.78 is 28.7. The fourth-order valence-corrected chi connectivity index (χ4v) is 2.81. The number of anilines is 1. The second-order valence-electron chi connectivity index (χ2n) is 5.91. The SMILES string of the molecule is Cc1cc(F)ccc1NC(=O)C[C@@H](c1cccc(F)c1)n1cccc1. The van der Waals surface area contributed by atoms with E-state index in [2.05, 4.69) is 5.32 Å². The van der Waals surface area contributed by atoms with Crippen molar-refractivity contribution in [2.75, 3.05) is 5.32 Å². The number of aromatic nitrogens is 1. The molecule has 0 bridgehead atoms. The van der Waals surface area contributed by atoms with Crippen LogP contribution in [-0.4, -0.2) is 10.5 Å². The van der Waals surface area contributed by atoms with Crippen LogP contribution in [0.2, 0.25) is 0 Å². The third-order valence-corrected chi connectivity index (χ3v) is 4.06. The molecule has 3 nitrogen and oxygen atoms in total. The first kappa shape index (κ1) is 16.9. The van der Waals surface area contributed by atoms with Gasteiger partial charge in [0.2, 0.25) is 5.91 Å². The summed E-state index contributed by atoms with van der Waals surface area (Å²) >= 11 is 0. The van der Waals surface area contributed by atoms with E-state index in [0.29, 0.717) is 16.8 Å². The van der Waals surface area contributed by atoms with Gasteiger partial charge in [-0.05, 0) is 60.5 Å². The highest BCUT2D eigenvalue weighted by Gasteiger charge is 2.18. The number of carbonyl (C=O) groups is 1. The number of hydrogen-bond acceptors (Lipinski definition) is 1. The molecule has 5 heteroatoms. The van der Waals surface area contributed by atoms with Crippen LogP contribution in [0.5, 0.6) is 0 Å². The number of hydrogen-bond donors (Lipinski definition) is 1. The second kappa shape index (κ2) is 7.30. The summed E-state index contributed by atoms with van der Waals surface area (Å²) in [6, 6.07) is 13.8. The Hall–Kier alpha value is -2.95. The van der Waals surface area contributed by atoms with Gasteiger partial charge in [0.1, 0.15) is 11.6 Å². The Morgan fingerprint density at radius 2 is 1.76 bits per heavy atom. The molecule has 128 valence electrons. The van der Waals surface area contributed by atoms with Crippen molar-refractivity contribution in [1.29, 1.82) is 0 Å². The van der Waals surface area contributed by atoms with Crippen LogP contribution in [0, 0.1) is 18.6 Å². The van der Waals surface area contributed by atoms with E-state index in [1.165, 1.54) is 30.3 Å². The first-order valence-electron chi connectivity index (χ1n) is 7.97. The van der Waals surface area contributed by atoms with E-state index in [4.69, 9.17) is 0 Å². The van der Waals surface area contributed by atoms with Crippen molar-refractivity contribution >= 4 is 11.6 Å². The number of halogens is 2. The molecule has 1 heterocycles.